The van der Waals surface area contributed by atoms with Crippen molar-refractivity contribution >= 4 is 11.5 Å². The van der Waals surface area contributed by atoms with Crippen molar-refractivity contribution in [3.8, 4) is 5.88 Å². The second-order valence-electron chi connectivity index (χ2n) is 3.03. The molecule has 0 aliphatic rings. The van der Waals surface area contributed by atoms with Gasteiger partial charge < -0.3 is 9.84 Å². The fourth-order valence-corrected chi connectivity index (χ4v) is 1.16. The molecule has 0 saturated carbocycles. The molecule has 0 saturated heterocycles. The van der Waals surface area contributed by atoms with Crippen molar-refractivity contribution in [2.24, 2.45) is 0 Å². The quantitative estimate of drug-likeness (QED) is 0.825. The average Bonchev–Trinajstić information content (AvgIpc) is 2.26. The Labute approximate surface area is 88.2 Å². The van der Waals surface area contributed by atoms with Crippen LogP contribution in [0.4, 0.5) is 0 Å². The van der Waals surface area contributed by atoms with Gasteiger partial charge in [-0.15, -0.1) is 0 Å². The highest BCUT2D eigenvalue weighted by Gasteiger charge is 2.13. The lowest BCUT2D eigenvalue weighted by Crippen LogP contribution is -2.04. The summed E-state index contributed by atoms with van der Waals surface area (Å²) in [7, 11) is 1.50. The van der Waals surface area contributed by atoms with E-state index in [1.807, 2.05) is 19.9 Å². The molecule has 15 heavy (non-hydrogen) atoms. The molecule has 4 heteroatoms. The van der Waals surface area contributed by atoms with Crippen molar-refractivity contribution in [3.63, 3.8) is 0 Å². The molecule has 0 atom stereocenters. The molecule has 1 N–H and O–H groups in total. The molecule has 1 rings (SSSR count). The van der Waals surface area contributed by atoms with Crippen LogP contribution in [0.3, 0.4) is 0 Å². The van der Waals surface area contributed by atoms with Gasteiger partial charge in [-0.3, -0.25) is 0 Å². The van der Waals surface area contributed by atoms with E-state index in [1.54, 1.807) is 0 Å². The van der Waals surface area contributed by atoms with Crippen LogP contribution in [0.2, 0.25) is 0 Å². The van der Waals surface area contributed by atoms with E-state index in [2.05, 4.69) is 4.98 Å². The summed E-state index contributed by atoms with van der Waals surface area (Å²) in [5.41, 5.74) is 1.45. The number of hydrogen-bond acceptors (Lipinski definition) is 3. The summed E-state index contributed by atoms with van der Waals surface area (Å²) in [4.78, 5) is 15.0. The average molecular weight is 207 g/mol. The number of rotatable bonds is 3. The molecule has 80 valence electrons. The Kier molecular flexibility index (Phi) is 3.44. The van der Waals surface area contributed by atoms with Gasteiger partial charge in [-0.05, 0) is 25.5 Å². The molecule has 0 spiro atoms. The lowest BCUT2D eigenvalue weighted by molar-refractivity contribution is 0.0696. The Morgan fingerprint density at radius 2 is 2.20 bits per heavy atom. The van der Waals surface area contributed by atoms with Gasteiger partial charge in [0.15, 0.2) is 0 Å². The minimum atomic E-state index is -0.985. The van der Waals surface area contributed by atoms with E-state index in [1.165, 1.54) is 19.2 Å². The summed E-state index contributed by atoms with van der Waals surface area (Å²) in [6, 6.07) is 3.03. The zero-order valence-electron chi connectivity index (χ0n) is 8.94. The third-order valence-electron chi connectivity index (χ3n) is 2.12. The highest BCUT2D eigenvalue weighted by atomic mass is 16.5. The second-order valence-corrected chi connectivity index (χ2v) is 3.03. The maximum absolute atomic E-state index is 10.9. The van der Waals surface area contributed by atoms with E-state index in [-0.39, 0.29) is 5.56 Å². The van der Waals surface area contributed by atoms with Gasteiger partial charge in [0, 0.05) is 6.07 Å². The number of hydrogen-bond donors (Lipinski definition) is 1. The smallest absolute Gasteiger partial charge is 0.337 e. The van der Waals surface area contributed by atoms with Gasteiger partial charge in [0.25, 0.3) is 0 Å². The molecule has 0 aliphatic heterocycles. The Morgan fingerprint density at radius 1 is 1.53 bits per heavy atom. The van der Waals surface area contributed by atoms with E-state index in [0.717, 1.165) is 5.57 Å². The fourth-order valence-electron chi connectivity index (χ4n) is 1.16. The van der Waals surface area contributed by atoms with Gasteiger partial charge in [-0.1, -0.05) is 6.08 Å². The zero-order chi connectivity index (χ0) is 11.4. The lowest BCUT2D eigenvalue weighted by atomic mass is 10.1. The summed E-state index contributed by atoms with van der Waals surface area (Å²) < 4.78 is 4.95. The predicted octanol–water partition coefficient (Wildman–Crippen LogP) is 2.21. The van der Waals surface area contributed by atoms with Crippen molar-refractivity contribution < 1.29 is 14.6 Å². The Morgan fingerprint density at radius 3 is 2.67 bits per heavy atom. The molecule has 1 aromatic heterocycles. The van der Waals surface area contributed by atoms with Gasteiger partial charge >= 0.3 is 5.97 Å². The molecular weight excluding hydrogens is 194 g/mol. The third-order valence-corrected chi connectivity index (χ3v) is 2.12. The molecule has 0 bridgehead atoms. The maximum Gasteiger partial charge on any atom is 0.337 e. The Bertz CT molecular complexity index is 410. The topological polar surface area (TPSA) is 59.4 Å². The minimum Gasteiger partial charge on any atom is -0.481 e. The molecule has 4 nitrogen and oxygen atoms in total. The van der Waals surface area contributed by atoms with Gasteiger partial charge in [0.2, 0.25) is 5.88 Å². The first-order valence-corrected chi connectivity index (χ1v) is 4.51. The zero-order valence-corrected chi connectivity index (χ0v) is 8.94. The Hall–Kier alpha value is -1.84. The van der Waals surface area contributed by atoms with Crippen molar-refractivity contribution in [1.82, 2.24) is 4.98 Å². The minimum absolute atomic E-state index is 0.186. The van der Waals surface area contributed by atoms with Crippen molar-refractivity contribution in [1.29, 1.82) is 0 Å². The Balaban J connectivity index is 3.35. The molecule has 0 aromatic carbocycles. The number of aromatic nitrogens is 1. The molecule has 0 amide bonds. The number of nitrogens with zero attached hydrogens (tertiary/aromatic N) is 1. The molecule has 1 heterocycles. The van der Waals surface area contributed by atoms with Crippen LogP contribution in [0.5, 0.6) is 5.88 Å². The van der Waals surface area contributed by atoms with Crippen LogP contribution in [-0.2, 0) is 0 Å². The largest absolute Gasteiger partial charge is 0.481 e. The normalized spacial score (nSPS) is 11.3. The number of carboxylic acids is 1. The van der Waals surface area contributed by atoms with Crippen LogP contribution in [-0.4, -0.2) is 23.2 Å². The summed E-state index contributed by atoms with van der Waals surface area (Å²) >= 11 is 0. The number of ether oxygens (including phenoxy) is 1. The molecular formula is C11H13NO3. The van der Waals surface area contributed by atoms with Crippen LogP contribution < -0.4 is 4.74 Å². The SMILES string of the molecule is C/C=C(\C)c1nc(OC)ccc1C(=O)O. The van der Waals surface area contributed by atoms with Crippen molar-refractivity contribution in [2.75, 3.05) is 7.11 Å². The summed E-state index contributed by atoms with van der Waals surface area (Å²) in [6.07, 6.45) is 1.81. The van der Waals surface area contributed by atoms with E-state index < -0.39 is 5.97 Å². The lowest BCUT2D eigenvalue weighted by Gasteiger charge is -2.07. The van der Waals surface area contributed by atoms with E-state index >= 15 is 0 Å². The van der Waals surface area contributed by atoms with E-state index in [9.17, 15) is 4.79 Å². The third kappa shape index (κ3) is 2.34. The monoisotopic (exact) mass is 207 g/mol. The number of aromatic carboxylic acids is 1. The van der Waals surface area contributed by atoms with Crippen LogP contribution in [0.25, 0.3) is 5.57 Å². The summed E-state index contributed by atoms with van der Waals surface area (Å²) in [5, 5.41) is 8.97. The number of carbonyl (C=O) groups is 1. The maximum atomic E-state index is 10.9. The molecule has 0 fully saturated rings. The second kappa shape index (κ2) is 4.59. The van der Waals surface area contributed by atoms with Gasteiger partial charge in [-0.25, -0.2) is 9.78 Å². The van der Waals surface area contributed by atoms with Gasteiger partial charge in [0.1, 0.15) is 0 Å². The van der Waals surface area contributed by atoms with Crippen LogP contribution >= 0.6 is 0 Å². The standard InChI is InChI=1S/C11H13NO3/c1-4-7(2)10-8(11(13)14)5-6-9(12-10)15-3/h4-6H,1-3H3,(H,13,14)/b7-4+. The number of pyridine rings is 1. The van der Waals surface area contributed by atoms with E-state index in [4.69, 9.17) is 9.84 Å². The number of carboxylic acid groups (broad SMARTS) is 1. The molecule has 0 unspecified atom stereocenters. The molecule has 0 aliphatic carbocycles. The van der Waals surface area contributed by atoms with E-state index in [0.29, 0.717) is 11.6 Å². The van der Waals surface area contributed by atoms with Crippen LogP contribution in [0, 0.1) is 0 Å². The van der Waals surface area contributed by atoms with Gasteiger partial charge in [0.05, 0.1) is 18.4 Å². The van der Waals surface area contributed by atoms with Gasteiger partial charge in [-0.2, -0.15) is 0 Å². The summed E-state index contributed by atoms with van der Waals surface area (Å²) in [5.74, 6) is -0.572. The number of methoxy groups -OCH3 is 1. The summed E-state index contributed by atoms with van der Waals surface area (Å²) in [6.45, 7) is 3.65. The van der Waals surface area contributed by atoms with Crippen molar-refractivity contribution in [2.45, 2.75) is 13.8 Å². The highest BCUT2D eigenvalue weighted by molar-refractivity contribution is 5.93. The highest BCUT2D eigenvalue weighted by Crippen LogP contribution is 2.20. The first-order valence-electron chi connectivity index (χ1n) is 4.51. The van der Waals surface area contributed by atoms with Crippen molar-refractivity contribution in [3.05, 3.63) is 29.5 Å². The van der Waals surface area contributed by atoms with Crippen LogP contribution in [0.15, 0.2) is 18.2 Å². The predicted molar refractivity (Wildman–Crippen MR) is 57.1 cm³/mol. The first-order chi connectivity index (χ1) is 7.10. The molecule has 1 aromatic rings. The van der Waals surface area contributed by atoms with Crippen LogP contribution in [0.1, 0.15) is 29.9 Å². The number of allylic oxidation sites excluding steroid dienone is 2. The molecule has 0 radical (unpaired) electrons. The first kappa shape index (κ1) is 11.2. The fraction of sp³-hybridized carbons (Fsp3) is 0.273.